The highest BCUT2D eigenvalue weighted by molar-refractivity contribution is 5.81. The Bertz CT molecular complexity index is 1280. The molecular formula is C35H44O8. The van der Waals surface area contributed by atoms with Crippen LogP contribution >= 0.6 is 0 Å². The van der Waals surface area contributed by atoms with Gasteiger partial charge in [-0.05, 0) is 73.9 Å². The lowest BCUT2D eigenvalue weighted by atomic mass is 9.77. The van der Waals surface area contributed by atoms with Crippen LogP contribution in [0.15, 0.2) is 61.7 Å². The molecule has 0 bridgehead atoms. The van der Waals surface area contributed by atoms with Crippen LogP contribution in [0.2, 0.25) is 0 Å². The molecule has 0 aliphatic rings. The first-order valence-corrected chi connectivity index (χ1v) is 14.6. The second-order valence-electron chi connectivity index (χ2n) is 10.9. The van der Waals surface area contributed by atoms with E-state index in [0.29, 0.717) is 50.2 Å². The van der Waals surface area contributed by atoms with Crippen LogP contribution in [-0.2, 0) is 34.1 Å². The first-order chi connectivity index (χ1) is 20.5. The topological polar surface area (TPSA) is 105 Å². The highest BCUT2D eigenvalue weighted by Crippen LogP contribution is 2.36. The monoisotopic (exact) mass is 592 g/mol. The van der Waals surface area contributed by atoms with Crippen LogP contribution in [0.4, 0.5) is 0 Å². The molecule has 2 aromatic carbocycles. The van der Waals surface area contributed by atoms with Gasteiger partial charge in [-0.25, -0.2) is 9.59 Å². The molecule has 0 aromatic heterocycles. The minimum absolute atomic E-state index is 0.179. The molecule has 43 heavy (non-hydrogen) atoms. The molecule has 0 saturated heterocycles. The predicted octanol–water partition coefficient (Wildman–Crippen LogP) is 6.67. The van der Waals surface area contributed by atoms with Crippen LogP contribution in [0, 0.1) is 13.8 Å². The number of carbonyl (C=O) groups excluding carboxylic acids is 4. The summed E-state index contributed by atoms with van der Waals surface area (Å²) < 4.78 is 21.9. The van der Waals surface area contributed by atoms with Gasteiger partial charge in [-0.15, -0.1) is 0 Å². The van der Waals surface area contributed by atoms with E-state index in [1.54, 1.807) is 0 Å². The zero-order valence-electron chi connectivity index (χ0n) is 25.8. The number of hydrogen-bond acceptors (Lipinski definition) is 8. The van der Waals surface area contributed by atoms with Gasteiger partial charge in [-0.1, -0.05) is 51.3 Å². The first-order valence-electron chi connectivity index (χ1n) is 14.6. The third-order valence-corrected chi connectivity index (χ3v) is 7.20. The molecule has 8 heteroatoms. The molecule has 0 aliphatic carbocycles. The number of unbranched alkanes of at least 4 members (excludes halogenated alkanes) is 2. The molecule has 2 aromatic rings. The Balaban J connectivity index is 2.02. The van der Waals surface area contributed by atoms with Crippen molar-refractivity contribution in [1.82, 2.24) is 0 Å². The molecule has 0 spiro atoms. The zero-order valence-corrected chi connectivity index (χ0v) is 25.8. The maximum atomic E-state index is 12.4. The molecule has 0 N–H and O–H groups in total. The Morgan fingerprint density at radius 3 is 1.95 bits per heavy atom. The Morgan fingerprint density at radius 2 is 1.40 bits per heavy atom. The van der Waals surface area contributed by atoms with Gasteiger partial charge in [0.15, 0.2) is 0 Å². The van der Waals surface area contributed by atoms with Crippen molar-refractivity contribution in [2.45, 2.75) is 84.2 Å². The van der Waals surface area contributed by atoms with Gasteiger partial charge in [0.25, 0.3) is 0 Å². The lowest BCUT2D eigenvalue weighted by Crippen LogP contribution is -2.22. The lowest BCUT2D eigenvalue weighted by molar-refractivity contribution is -0.139. The van der Waals surface area contributed by atoms with Crippen molar-refractivity contribution in [3.05, 3.63) is 84.0 Å². The van der Waals surface area contributed by atoms with Crippen LogP contribution in [0.25, 0.3) is 0 Å². The zero-order chi connectivity index (χ0) is 31.8. The van der Waals surface area contributed by atoms with Crippen LogP contribution in [0.3, 0.4) is 0 Å². The molecule has 0 fully saturated rings. The van der Waals surface area contributed by atoms with Crippen LogP contribution in [0.1, 0.15) is 81.0 Å². The van der Waals surface area contributed by atoms with E-state index >= 15 is 0 Å². The van der Waals surface area contributed by atoms with Gasteiger partial charge in [0.2, 0.25) is 0 Å². The van der Waals surface area contributed by atoms with Gasteiger partial charge in [-0.2, -0.15) is 0 Å². The standard InChI is InChI=1S/C35H44O8/c1-7-32(37)40-21-11-9-10-14-34(39)43-31-18-16-28(24-26(31)4)35(5,6)27-15-17-30(25(3)23-27)42-29(13-12-20-36)19-22-41-33(38)8-2/h7-8,15-18,20,23-24,29H,1-2,9-14,19,21-22H2,3-6H3. The average Bonchev–Trinajstić information content (AvgIpc) is 2.98. The minimum Gasteiger partial charge on any atom is -0.490 e. The SMILES string of the molecule is C=CC(=O)OCCCCCC(=O)Oc1ccc(C(C)(C)c2ccc(OC(CCC=O)CCOC(=O)C=C)c(C)c2)cc1C. The highest BCUT2D eigenvalue weighted by atomic mass is 16.5. The summed E-state index contributed by atoms with van der Waals surface area (Å²) in [6.45, 7) is 15.4. The van der Waals surface area contributed by atoms with E-state index in [2.05, 4.69) is 33.1 Å². The smallest absolute Gasteiger partial charge is 0.330 e. The molecule has 1 atom stereocenters. The molecule has 0 heterocycles. The fourth-order valence-electron chi connectivity index (χ4n) is 4.49. The first kappa shape index (κ1) is 35.0. The third-order valence-electron chi connectivity index (χ3n) is 7.20. The summed E-state index contributed by atoms with van der Waals surface area (Å²) in [5.41, 5.74) is 3.62. The Morgan fingerprint density at radius 1 is 0.814 bits per heavy atom. The second-order valence-corrected chi connectivity index (χ2v) is 10.9. The number of carbonyl (C=O) groups is 4. The number of aryl methyl sites for hydroxylation is 2. The van der Waals surface area contributed by atoms with Crippen molar-refractivity contribution in [3.8, 4) is 11.5 Å². The van der Waals surface area contributed by atoms with Crippen LogP contribution in [0.5, 0.6) is 11.5 Å². The summed E-state index contributed by atoms with van der Waals surface area (Å²) in [6.07, 6.45) is 6.51. The summed E-state index contributed by atoms with van der Waals surface area (Å²) in [5, 5.41) is 0. The number of rotatable bonds is 19. The van der Waals surface area contributed by atoms with Crippen molar-refractivity contribution in [1.29, 1.82) is 0 Å². The number of esters is 3. The van der Waals surface area contributed by atoms with E-state index in [1.807, 2.05) is 44.2 Å². The molecular weight excluding hydrogens is 548 g/mol. The molecule has 0 aliphatic heterocycles. The quantitative estimate of drug-likeness (QED) is 0.0586. The van der Waals surface area contributed by atoms with Crippen LogP contribution < -0.4 is 9.47 Å². The van der Waals surface area contributed by atoms with Crippen molar-refractivity contribution in [2.75, 3.05) is 13.2 Å². The van der Waals surface area contributed by atoms with Gasteiger partial charge < -0.3 is 23.7 Å². The van der Waals surface area contributed by atoms with E-state index in [1.165, 1.54) is 0 Å². The van der Waals surface area contributed by atoms with Gasteiger partial charge in [-0.3, -0.25) is 4.79 Å². The summed E-state index contributed by atoms with van der Waals surface area (Å²) in [4.78, 5) is 45.8. The second kappa shape index (κ2) is 17.7. The number of ether oxygens (including phenoxy) is 4. The molecule has 2 rings (SSSR count). The van der Waals surface area contributed by atoms with Gasteiger partial charge >= 0.3 is 17.9 Å². The van der Waals surface area contributed by atoms with Gasteiger partial charge in [0, 0.05) is 36.8 Å². The fraction of sp³-hybridized carbons (Fsp3) is 0.429. The molecule has 0 radical (unpaired) electrons. The molecule has 8 nitrogen and oxygen atoms in total. The molecule has 232 valence electrons. The summed E-state index contributed by atoms with van der Waals surface area (Å²) >= 11 is 0. The maximum absolute atomic E-state index is 12.4. The van der Waals surface area contributed by atoms with Crippen molar-refractivity contribution >= 4 is 24.2 Å². The summed E-state index contributed by atoms with van der Waals surface area (Å²) in [5.74, 6) is 0.0115. The van der Waals surface area contributed by atoms with Crippen LogP contribution in [-0.4, -0.2) is 43.5 Å². The third kappa shape index (κ3) is 11.5. The summed E-state index contributed by atoms with van der Waals surface area (Å²) in [6, 6.07) is 11.9. The van der Waals surface area contributed by atoms with E-state index in [4.69, 9.17) is 18.9 Å². The number of aldehydes is 1. The Kier molecular flexibility index (Phi) is 14.4. The minimum atomic E-state index is -0.490. The molecule has 0 saturated carbocycles. The normalized spacial score (nSPS) is 11.6. The van der Waals surface area contributed by atoms with E-state index in [9.17, 15) is 19.2 Å². The Labute approximate surface area is 255 Å². The van der Waals surface area contributed by atoms with Gasteiger partial charge in [0.05, 0.1) is 13.2 Å². The highest BCUT2D eigenvalue weighted by Gasteiger charge is 2.25. The van der Waals surface area contributed by atoms with E-state index < -0.39 is 11.9 Å². The van der Waals surface area contributed by atoms with E-state index in [-0.39, 0.29) is 30.5 Å². The van der Waals surface area contributed by atoms with Crippen molar-refractivity contribution in [3.63, 3.8) is 0 Å². The van der Waals surface area contributed by atoms with Crippen molar-refractivity contribution in [2.24, 2.45) is 0 Å². The lowest BCUT2D eigenvalue weighted by Gasteiger charge is -2.28. The summed E-state index contributed by atoms with van der Waals surface area (Å²) in [7, 11) is 0. The maximum Gasteiger partial charge on any atom is 0.330 e. The number of hydrogen-bond donors (Lipinski definition) is 0. The molecule has 1 unspecified atom stereocenters. The molecule has 0 amide bonds. The largest absolute Gasteiger partial charge is 0.490 e. The Hall–Kier alpha value is -4.20. The fourth-order valence-corrected chi connectivity index (χ4v) is 4.49. The average molecular weight is 593 g/mol. The van der Waals surface area contributed by atoms with E-state index in [0.717, 1.165) is 47.1 Å². The number of benzene rings is 2. The van der Waals surface area contributed by atoms with Crippen molar-refractivity contribution < 1.29 is 38.1 Å². The van der Waals surface area contributed by atoms with Gasteiger partial charge in [0.1, 0.15) is 23.9 Å². The predicted molar refractivity (Wildman–Crippen MR) is 165 cm³/mol.